The Labute approximate surface area is 123 Å². The summed E-state index contributed by atoms with van der Waals surface area (Å²) in [7, 11) is 0. The van der Waals surface area contributed by atoms with Crippen LogP contribution in [0.15, 0.2) is 36.8 Å². The van der Waals surface area contributed by atoms with E-state index in [1.165, 1.54) is 11.1 Å². The van der Waals surface area contributed by atoms with Gasteiger partial charge in [-0.05, 0) is 24.0 Å². The molecule has 0 amide bonds. The molecule has 0 aliphatic carbocycles. The van der Waals surface area contributed by atoms with Crippen molar-refractivity contribution in [2.24, 2.45) is 5.92 Å². The maximum Gasteiger partial charge on any atom is 0.160 e. The highest BCUT2D eigenvalue weighted by Gasteiger charge is 2.19. The molecular formula is C16H19N5. The lowest BCUT2D eigenvalue weighted by Gasteiger charge is -2.25. The second-order valence-electron chi connectivity index (χ2n) is 5.58. The van der Waals surface area contributed by atoms with E-state index >= 15 is 0 Å². The number of nitrogens with one attached hydrogen (secondary N) is 2. The summed E-state index contributed by atoms with van der Waals surface area (Å²) in [6.45, 7) is 6.55. The second-order valence-corrected chi connectivity index (χ2v) is 5.58. The zero-order valence-corrected chi connectivity index (χ0v) is 12.5. The van der Waals surface area contributed by atoms with Gasteiger partial charge in [0.25, 0.3) is 0 Å². The van der Waals surface area contributed by atoms with Crippen LogP contribution < -0.4 is 5.32 Å². The van der Waals surface area contributed by atoms with Gasteiger partial charge in [-0.1, -0.05) is 38.1 Å². The Morgan fingerprint density at radius 2 is 1.95 bits per heavy atom. The van der Waals surface area contributed by atoms with E-state index in [4.69, 9.17) is 0 Å². The summed E-state index contributed by atoms with van der Waals surface area (Å²) < 4.78 is 0. The quantitative estimate of drug-likeness (QED) is 0.768. The topological polar surface area (TPSA) is 66.5 Å². The zero-order chi connectivity index (χ0) is 14.8. The van der Waals surface area contributed by atoms with Crippen molar-refractivity contribution in [3.05, 3.63) is 47.9 Å². The van der Waals surface area contributed by atoms with E-state index in [0.717, 1.165) is 16.9 Å². The molecular weight excluding hydrogens is 262 g/mol. The molecule has 0 aliphatic rings. The summed E-state index contributed by atoms with van der Waals surface area (Å²) in [5.74, 6) is 1.25. The Morgan fingerprint density at radius 3 is 2.71 bits per heavy atom. The Kier molecular flexibility index (Phi) is 3.56. The number of H-pyrrole nitrogens is 1. The van der Waals surface area contributed by atoms with Crippen LogP contribution in [0.25, 0.3) is 11.0 Å². The number of aromatic nitrogens is 4. The van der Waals surface area contributed by atoms with Gasteiger partial charge in [-0.2, -0.15) is 5.10 Å². The molecule has 5 nitrogen and oxygen atoms in total. The van der Waals surface area contributed by atoms with Gasteiger partial charge in [0.05, 0.1) is 17.6 Å². The molecule has 0 bridgehead atoms. The number of hydrogen-bond acceptors (Lipinski definition) is 4. The Bertz CT molecular complexity index is 747. The minimum Gasteiger partial charge on any atom is -0.362 e. The third kappa shape index (κ3) is 2.59. The fourth-order valence-corrected chi connectivity index (χ4v) is 2.57. The number of hydrogen-bond donors (Lipinski definition) is 2. The largest absolute Gasteiger partial charge is 0.362 e. The molecule has 3 aromatic rings. The maximum absolute atomic E-state index is 4.37. The first-order valence-electron chi connectivity index (χ1n) is 7.13. The molecule has 2 heterocycles. The highest BCUT2D eigenvalue weighted by Crippen LogP contribution is 2.29. The summed E-state index contributed by atoms with van der Waals surface area (Å²) in [6.07, 6.45) is 3.31. The van der Waals surface area contributed by atoms with E-state index in [9.17, 15) is 0 Å². The number of fused-ring (bicyclic) bond motifs is 1. The Balaban J connectivity index is 2.00. The van der Waals surface area contributed by atoms with Crippen molar-refractivity contribution in [2.45, 2.75) is 26.8 Å². The molecule has 2 N–H and O–H groups in total. The van der Waals surface area contributed by atoms with Gasteiger partial charge in [-0.15, -0.1) is 0 Å². The third-order valence-corrected chi connectivity index (χ3v) is 3.73. The first-order valence-corrected chi connectivity index (χ1v) is 7.13. The molecule has 0 radical (unpaired) electrons. The summed E-state index contributed by atoms with van der Waals surface area (Å²) in [4.78, 5) is 8.55. The average molecular weight is 281 g/mol. The van der Waals surface area contributed by atoms with Gasteiger partial charge in [-0.25, -0.2) is 9.97 Å². The summed E-state index contributed by atoms with van der Waals surface area (Å²) in [5, 5.41) is 11.4. The van der Waals surface area contributed by atoms with E-state index in [1.54, 1.807) is 12.5 Å². The molecule has 1 unspecified atom stereocenters. The van der Waals surface area contributed by atoms with E-state index in [1.807, 2.05) is 0 Å². The number of rotatable bonds is 4. The standard InChI is InChI=1S/C16H19N5/c1-10(2)14(12-7-5-4-6-11(12)3)20-15-13-8-19-21-16(13)18-9-17-15/h4-10,14H,1-3H3,(H2,17,18,19,20,21). The smallest absolute Gasteiger partial charge is 0.160 e. The highest BCUT2D eigenvalue weighted by molar-refractivity contribution is 5.85. The molecule has 0 saturated carbocycles. The monoisotopic (exact) mass is 281 g/mol. The third-order valence-electron chi connectivity index (χ3n) is 3.73. The van der Waals surface area contributed by atoms with Gasteiger partial charge in [0.15, 0.2) is 5.65 Å². The van der Waals surface area contributed by atoms with E-state index in [0.29, 0.717) is 5.92 Å². The molecule has 0 fully saturated rings. The minimum atomic E-state index is 0.194. The van der Waals surface area contributed by atoms with Gasteiger partial charge >= 0.3 is 0 Å². The predicted octanol–water partition coefficient (Wildman–Crippen LogP) is 3.47. The van der Waals surface area contributed by atoms with Crippen molar-refractivity contribution >= 4 is 16.9 Å². The molecule has 108 valence electrons. The molecule has 3 rings (SSSR count). The van der Waals surface area contributed by atoms with Crippen molar-refractivity contribution in [3.8, 4) is 0 Å². The van der Waals surface area contributed by atoms with Crippen molar-refractivity contribution < 1.29 is 0 Å². The second kappa shape index (κ2) is 5.52. The number of aromatic amines is 1. The number of aryl methyl sites for hydroxylation is 1. The Morgan fingerprint density at radius 1 is 1.14 bits per heavy atom. The van der Waals surface area contributed by atoms with Crippen LogP contribution in [-0.2, 0) is 0 Å². The first kappa shape index (κ1) is 13.5. The summed E-state index contributed by atoms with van der Waals surface area (Å²) >= 11 is 0. The van der Waals surface area contributed by atoms with Crippen LogP contribution in [0.3, 0.4) is 0 Å². The highest BCUT2D eigenvalue weighted by atomic mass is 15.2. The molecule has 5 heteroatoms. The minimum absolute atomic E-state index is 0.194. The number of benzene rings is 1. The van der Waals surface area contributed by atoms with E-state index < -0.39 is 0 Å². The van der Waals surface area contributed by atoms with Gasteiger partial charge in [0.2, 0.25) is 0 Å². The molecule has 0 spiro atoms. The van der Waals surface area contributed by atoms with Crippen molar-refractivity contribution in [1.29, 1.82) is 0 Å². The van der Waals surface area contributed by atoms with Gasteiger partial charge in [0.1, 0.15) is 12.1 Å². The van der Waals surface area contributed by atoms with E-state index in [-0.39, 0.29) is 6.04 Å². The molecule has 0 aliphatic heterocycles. The lowest BCUT2D eigenvalue weighted by molar-refractivity contribution is 0.543. The van der Waals surface area contributed by atoms with Gasteiger partial charge in [-0.3, -0.25) is 5.10 Å². The van der Waals surface area contributed by atoms with Crippen molar-refractivity contribution in [1.82, 2.24) is 20.2 Å². The molecule has 21 heavy (non-hydrogen) atoms. The normalized spacial score (nSPS) is 12.8. The molecule has 2 aromatic heterocycles. The molecule has 0 saturated heterocycles. The number of nitrogens with zero attached hydrogens (tertiary/aromatic N) is 3. The van der Waals surface area contributed by atoms with Crippen LogP contribution in [0.2, 0.25) is 0 Å². The predicted molar refractivity (Wildman–Crippen MR) is 84.1 cm³/mol. The van der Waals surface area contributed by atoms with E-state index in [2.05, 4.69) is 70.5 Å². The maximum atomic E-state index is 4.37. The fourth-order valence-electron chi connectivity index (χ4n) is 2.57. The average Bonchev–Trinajstić information content (AvgIpc) is 2.94. The SMILES string of the molecule is Cc1ccccc1C(Nc1ncnc2[nH]ncc12)C(C)C. The Hall–Kier alpha value is -2.43. The van der Waals surface area contributed by atoms with Gasteiger partial charge in [0, 0.05) is 0 Å². The summed E-state index contributed by atoms with van der Waals surface area (Å²) in [5.41, 5.74) is 3.32. The van der Waals surface area contributed by atoms with Crippen LogP contribution in [0.5, 0.6) is 0 Å². The lowest BCUT2D eigenvalue weighted by atomic mass is 9.92. The molecule has 1 atom stereocenters. The van der Waals surface area contributed by atoms with Crippen LogP contribution in [0, 0.1) is 12.8 Å². The number of anilines is 1. The van der Waals surface area contributed by atoms with Crippen LogP contribution >= 0.6 is 0 Å². The molecule has 1 aromatic carbocycles. The van der Waals surface area contributed by atoms with Crippen LogP contribution in [0.4, 0.5) is 5.82 Å². The van der Waals surface area contributed by atoms with Crippen molar-refractivity contribution in [3.63, 3.8) is 0 Å². The first-order chi connectivity index (χ1) is 10.2. The van der Waals surface area contributed by atoms with Crippen LogP contribution in [-0.4, -0.2) is 20.2 Å². The zero-order valence-electron chi connectivity index (χ0n) is 12.5. The lowest BCUT2D eigenvalue weighted by Crippen LogP contribution is -2.18. The van der Waals surface area contributed by atoms with Gasteiger partial charge < -0.3 is 5.32 Å². The fraction of sp³-hybridized carbons (Fsp3) is 0.312. The van der Waals surface area contributed by atoms with Crippen molar-refractivity contribution in [2.75, 3.05) is 5.32 Å². The van der Waals surface area contributed by atoms with Crippen LogP contribution in [0.1, 0.15) is 31.0 Å². The summed E-state index contributed by atoms with van der Waals surface area (Å²) in [6, 6.07) is 8.64.